The molecule has 0 fully saturated rings. The minimum Gasteiger partial charge on any atom is -0.388 e. The smallest absolute Gasteiger partial charge is 0.123 e. The number of thiazole rings is 1. The van der Waals surface area contributed by atoms with Gasteiger partial charge in [-0.05, 0) is 24.5 Å². The number of hydrogen-bond donors (Lipinski definition) is 1. The van der Waals surface area contributed by atoms with Crippen LogP contribution in [-0.2, 0) is 6.42 Å². The van der Waals surface area contributed by atoms with E-state index in [1.54, 1.807) is 11.3 Å². The largest absolute Gasteiger partial charge is 0.388 e. The molecule has 0 aliphatic heterocycles. The van der Waals surface area contributed by atoms with Crippen LogP contribution in [0.3, 0.4) is 0 Å². The predicted molar refractivity (Wildman–Crippen MR) is 75.6 cm³/mol. The number of aromatic nitrogens is 1. The van der Waals surface area contributed by atoms with Crippen molar-refractivity contribution < 1.29 is 0 Å². The minimum absolute atomic E-state index is 0.661. The quantitative estimate of drug-likeness (QED) is 0.880. The van der Waals surface area contributed by atoms with Gasteiger partial charge in [-0.25, -0.2) is 4.98 Å². The molecular formula is C14H18N2S. The van der Waals surface area contributed by atoms with Crippen molar-refractivity contribution in [1.29, 1.82) is 0 Å². The first-order valence-electron chi connectivity index (χ1n) is 5.91. The second kappa shape index (κ2) is 5.32. The van der Waals surface area contributed by atoms with Gasteiger partial charge in [0.2, 0.25) is 0 Å². The lowest BCUT2D eigenvalue weighted by Gasteiger charge is -2.02. The molecule has 2 aromatic rings. The molecule has 3 heteroatoms. The van der Waals surface area contributed by atoms with Crippen LogP contribution in [0, 0.1) is 5.92 Å². The normalized spacial score (nSPS) is 10.8. The highest BCUT2D eigenvalue weighted by atomic mass is 32.1. The van der Waals surface area contributed by atoms with Gasteiger partial charge in [0, 0.05) is 23.7 Å². The summed E-state index contributed by atoms with van der Waals surface area (Å²) in [5, 5.41) is 6.43. The molecule has 17 heavy (non-hydrogen) atoms. The molecule has 0 radical (unpaired) electrons. The van der Waals surface area contributed by atoms with E-state index in [1.807, 2.05) is 7.05 Å². The van der Waals surface area contributed by atoms with Crippen LogP contribution in [0.1, 0.15) is 19.5 Å². The number of nitrogens with one attached hydrogen (secondary N) is 1. The van der Waals surface area contributed by atoms with Gasteiger partial charge in [-0.3, -0.25) is 0 Å². The standard InChI is InChI=1S/C14H18N2S/c1-10(2)7-13-9-17-14(16-13)11-5-4-6-12(8-11)15-3/h4-6,8-10,15H,7H2,1-3H3. The van der Waals surface area contributed by atoms with Crippen LogP contribution in [0.25, 0.3) is 10.6 Å². The highest BCUT2D eigenvalue weighted by Gasteiger charge is 2.06. The number of benzene rings is 1. The van der Waals surface area contributed by atoms with Crippen molar-refractivity contribution in [2.75, 3.05) is 12.4 Å². The van der Waals surface area contributed by atoms with Crippen molar-refractivity contribution >= 4 is 17.0 Å². The molecule has 0 bridgehead atoms. The van der Waals surface area contributed by atoms with Gasteiger partial charge < -0.3 is 5.32 Å². The van der Waals surface area contributed by atoms with Crippen molar-refractivity contribution in [3.8, 4) is 10.6 Å². The highest BCUT2D eigenvalue weighted by molar-refractivity contribution is 7.13. The van der Waals surface area contributed by atoms with Crippen molar-refractivity contribution in [2.24, 2.45) is 5.92 Å². The Bertz CT molecular complexity index is 488. The Morgan fingerprint density at radius 3 is 2.88 bits per heavy atom. The maximum Gasteiger partial charge on any atom is 0.123 e. The molecule has 0 aliphatic rings. The summed E-state index contributed by atoms with van der Waals surface area (Å²) >= 11 is 1.72. The molecule has 2 nitrogen and oxygen atoms in total. The molecule has 0 atom stereocenters. The third-order valence-corrected chi connectivity index (χ3v) is 3.51. The highest BCUT2D eigenvalue weighted by Crippen LogP contribution is 2.26. The first-order valence-corrected chi connectivity index (χ1v) is 6.79. The van der Waals surface area contributed by atoms with E-state index in [4.69, 9.17) is 0 Å². The average molecular weight is 246 g/mol. The first kappa shape index (κ1) is 12.1. The summed E-state index contributed by atoms with van der Waals surface area (Å²) in [5.74, 6) is 0.661. The molecule has 0 unspecified atom stereocenters. The van der Waals surface area contributed by atoms with E-state index < -0.39 is 0 Å². The van der Waals surface area contributed by atoms with Crippen LogP contribution < -0.4 is 5.32 Å². The summed E-state index contributed by atoms with van der Waals surface area (Å²) in [5.41, 5.74) is 3.52. The Labute approximate surface area is 107 Å². The van der Waals surface area contributed by atoms with E-state index in [-0.39, 0.29) is 0 Å². The Morgan fingerprint density at radius 2 is 2.18 bits per heavy atom. The monoisotopic (exact) mass is 246 g/mol. The molecule has 90 valence electrons. The van der Waals surface area contributed by atoms with Gasteiger partial charge >= 0.3 is 0 Å². The minimum atomic E-state index is 0.661. The molecule has 0 saturated heterocycles. The zero-order valence-corrected chi connectivity index (χ0v) is 11.3. The van der Waals surface area contributed by atoms with Crippen molar-refractivity contribution in [3.05, 3.63) is 35.3 Å². The molecule has 0 amide bonds. The summed E-state index contributed by atoms with van der Waals surface area (Å²) in [7, 11) is 1.94. The first-order chi connectivity index (χ1) is 8.19. The number of anilines is 1. The molecule has 1 N–H and O–H groups in total. The van der Waals surface area contributed by atoms with E-state index in [2.05, 4.69) is 53.8 Å². The molecular weight excluding hydrogens is 228 g/mol. The third-order valence-electron chi connectivity index (χ3n) is 2.57. The Balaban J connectivity index is 2.24. The summed E-state index contributed by atoms with van der Waals surface area (Å²) in [6, 6.07) is 8.37. The molecule has 1 aromatic heterocycles. The van der Waals surface area contributed by atoms with Gasteiger partial charge in [0.25, 0.3) is 0 Å². The summed E-state index contributed by atoms with van der Waals surface area (Å²) in [6.45, 7) is 4.45. The van der Waals surface area contributed by atoms with Gasteiger partial charge in [0.15, 0.2) is 0 Å². The average Bonchev–Trinajstić information content (AvgIpc) is 2.77. The van der Waals surface area contributed by atoms with Crippen LogP contribution >= 0.6 is 11.3 Å². The lowest BCUT2D eigenvalue weighted by Crippen LogP contribution is -1.94. The van der Waals surface area contributed by atoms with E-state index in [0.29, 0.717) is 5.92 Å². The van der Waals surface area contributed by atoms with Crippen LogP contribution in [0.5, 0.6) is 0 Å². The second-order valence-electron chi connectivity index (χ2n) is 4.57. The fourth-order valence-corrected chi connectivity index (χ4v) is 2.59. The Kier molecular flexibility index (Phi) is 3.79. The zero-order valence-electron chi connectivity index (χ0n) is 10.5. The Hall–Kier alpha value is -1.35. The molecule has 0 spiro atoms. The van der Waals surface area contributed by atoms with Crippen LogP contribution in [0.4, 0.5) is 5.69 Å². The van der Waals surface area contributed by atoms with Crippen molar-refractivity contribution in [2.45, 2.75) is 20.3 Å². The third kappa shape index (κ3) is 3.07. The maximum absolute atomic E-state index is 4.69. The van der Waals surface area contributed by atoms with Crippen LogP contribution in [0.15, 0.2) is 29.6 Å². The van der Waals surface area contributed by atoms with E-state index >= 15 is 0 Å². The van der Waals surface area contributed by atoms with Crippen LogP contribution in [0.2, 0.25) is 0 Å². The van der Waals surface area contributed by atoms with E-state index in [9.17, 15) is 0 Å². The SMILES string of the molecule is CNc1cccc(-c2nc(CC(C)C)cs2)c1. The van der Waals surface area contributed by atoms with E-state index in [1.165, 1.54) is 11.3 Å². The van der Waals surface area contributed by atoms with Gasteiger partial charge in [-0.2, -0.15) is 0 Å². The molecule has 0 aliphatic carbocycles. The topological polar surface area (TPSA) is 24.9 Å². The van der Waals surface area contributed by atoms with Gasteiger partial charge in [0.05, 0.1) is 5.69 Å². The fraction of sp³-hybridized carbons (Fsp3) is 0.357. The van der Waals surface area contributed by atoms with Gasteiger partial charge in [-0.1, -0.05) is 26.0 Å². The molecule has 2 rings (SSSR count). The lowest BCUT2D eigenvalue weighted by molar-refractivity contribution is 0.638. The van der Waals surface area contributed by atoms with Crippen LogP contribution in [-0.4, -0.2) is 12.0 Å². The van der Waals surface area contributed by atoms with E-state index in [0.717, 1.165) is 17.1 Å². The summed E-state index contributed by atoms with van der Waals surface area (Å²) in [6.07, 6.45) is 1.06. The molecule has 1 heterocycles. The maximum atomic E-state index is 4.69. The number of nitrogens with zero attached hydrogens (tertiary/aromatic N) is 1. The van der Waals surface area contributed by atoms with Crippen molar-refractivity contribution in [3.63, 3.8) is 0 Å². The lowest BCUT2D eigenvalue weighted by atomic mass is 10.1. The number of hydrogen-bond acceptors (Lipinski definition) is 3. The zero-order chi connectivity index (χ0) is 12.3. The molecule has 0 saturated carbocycles. The summed E-state index contributed by atoms with van der Waals surface area (Å²) in [4.78, 5) is 4.69. The second-order valence-corrected chi connectivity index (χ2v) is 5.43. The van der Waals surface area contributed by atoms with Gasteiger partial charge in [-0.15, -0.1) is 11.3 Å². The van der Waals surface area contributed by atoms with Gasteiger partial charge in [0.1, 0.15) is 5.01 Å². The van der Waals surface area contributed by atoms with Crippen molar-refractivity contribution in [1.82, 2.24) is 4.98 Å². The fourth-order valence-electron chi connectivity index (χ4n) is 1.76. The Morgan fingerprint density at radius 1 is 1.35 bits per heavy atom. The predicted octanol–water partition coefficient (Wildman–Crippen LogP) is 4.05. The summed E-state index contributed by atoms with van der Waals surface area (Å²) < 4.78 is 0. The number of rotatable bonds is 4. The molecule has 1 aromatic carbocycles.